The van der Waals surface area contributed by atoms with Crippen LogP contribution >= 0.6 is 0 Å². The van der Waals surface area contributed by atoms with Gasteiger partial charge in [0.05, 0.1) is 11.5 Å². The maximum atomic E-state index is 10.5. The van der Waals surface area contributed by atoms with E-state index in [9.17, 15) is 10.1 Å². The van der Waals surface area contributed by atoms with Gasteiger partial charge in [0, 0.05) is 11.8 Å². The van der Waals surface area contributed by atoms with E-state index in [1.807, 2.05) is 0 Å². The number of hydrogen-bond donors (Lipinski definition) is 1. The Kier molecular flexibility index (Phi) is 4.42. The second-order valence-electron chi connectivity index (χ2n) is 2.42. The number of nitrogens with zero attached hydrogens (tertiary/aromatic N) is 1. The second kappa shape index (κ2) is 5.06. The third-order valence-electron chi connectivity index (χ3n) is 1.48. The molecule has 0 amide bonds. The summed E-state index contributed by atoms with van der Waals surface area (Å²) in [6, 6.07) is 4.35. The molecule has 0 aliphatic rings. The summed E-state index contributed by atoms with van der Waals surface area (Å²) in [5, 5.41) is 10.5. The molecule has 0 spiro atoms. The topological polar surface area (TPSA) is 78.4 Å². The van der Waals surface area contributed by atoms with Crippen molar-refractivity contribution in [3.63, 3.8) is 0 Å². The first-order valence-electron chi connectivity index (χ1n) is 3.82. The van der Waals surface area contributed by atoms with Gasteiger partial charge in [0.1, 0.15) is 0 Å². The summed E-state index contributed by atoms with van der Waals surface area (Å²) in [5.74, 6) is 0.252. The number of nitrogen functional groups attached to an aromatic ring is 1. The molecule has 0 aliphatic heterocycles. The summed E-state index contributed by atoms with van der Waals surface area (Å²) in [6.45, 7) is 2.16. The van der Waals surface area contributed by atoms with Crippen molar-refractivity contribution >= 4 is 11.4 Å². The van der Waals surface area contributed by atoms with Crippen LogP contribution in [0.1, 0.15) is 14.4 Å². The van der Waals surface area contributed by atoms with Crippen molar-refractivity contribution in [3.05, 3.63) is 28.3 Å². The average Bonchev–Trinajstić information content (AvgIpc) is 2.08. The molecule has 5 heteroatoms. The van der Waals surface area contributed by atoms with Gasteiger partial charge in [-0.2, -0.15) is 0 Å². The van der Waals surface area contributed by atoms with E-state index in [1.54, 1.807) is 13.0 Å². The zero-order valence-electron chi connectivity index (χ0n) is 7.19. The number of ether oxygens (including phenoxy) is 1. The fourth-order valence-electron chi connectivity index (χ4n) is 0.955. The summed E-state index contributed by atoms with van der Waals surface area (Å²) in [5.41, 5.74) is 5.66. The highest BCUT2D eigenvalue weighted by Gasteiger charge is 2.14. The molecular formula is C9H14N2O3. The molecule has 1 aromatic rings. The van der Waals surface area contributed by atoms with Crippen molar-refractivity contribution in [2.45, 2.75) is 14.4 Å². The molecule has 0 aromatic heterocycles. The molecule has 5 nitrogen and oxygen atoms in total. The molecule has 0 saturated carbocycles. The molecule has 0 heterocycles. The number of anilines is 1. The molecule has 0 radical (unpaired) electrons. The smallest absolute Gasteiger partial charge is 0.312 e. The van der Waals surface area contributed by atoms with E-state index < -0.39 is 4.92 Å². The minimum atomic E-state index is -0.513. The summed E-state index contributed by atoms with van der Waals surface area (Å²) >= 11 is 0. The Labute approximate surface area is 82.6 Å². The Morgan fingerprint density at radius 3 is 2.71 bits per heavy atom. The first-order valence-corrected chi connectivity index (χ1v) is 3.82. The number of benzene rings is 1. The highest BCUT2D eigenvalue weighted by Crippen LogP contribution is 2.28. The van der Waals surface area contributed by atoms with E-state index in [0.717, 1.165) is 0 Å². The second-order valence-corrected chi connectivity index (χ2v) is 2.42. The van der Waals surface area contributed by atoms with Crippen LogP contribution in [0.25, 0.3) is 0 Å². The fraction of sp³-hybridized carbons (Fsp3) is 0.333. The van der Waals surface area contributed by atoms with Crippen LogP contribution in [-0.4, -0.2) is 11.5 Å². The molecule has 0 unspecified atom stereocenters. The van der Waals surface area contributed by atoms with Gasteiger partial charge in [-0.05, 0) is 19.1 Å². The Bertz CT molecular complexity index is 326. The molecular weight excluding hydrogens is 184 g/mol. The fourth-order valence-corrected chi connectivity index (χ4v) is 0.955. The van der Waals surface area contributed by atoms with Crippen LogP contribution in [-0.2, 0) is 0 Å². The van der Waals surface area contributed by atoms with Gasteiger partial charge in [-0.25, -0.2) is 0 Å². The van der Waals surface area contributed by atoms with Crippen LogP contribution in [0.2, 0.25) is 0 Å². The van der Waals surface area contributed by atoms with Crippen LogP contribution < -0.4 is 10.5 Å². The lowest BCUT2D eigenvalue weighted by Gasteiger charge is -2.03. The SMILES string of the molecule is C.CCOc1ccc(N)cc1[N+](=O)[O-]. The van der Waals surface area contributed by atoms with Gasteiger partial charge in [0.25, 0.3) is 0 Å². The zero-order valence-corrected chi connectivity index (χ0v) is 7.19. The number of rotatable bonds is 3. The van der Waals surface area contributed by atoms with Gasteiger partial charge in [-0.15, -0.1) is 0 Å². The normalized spacial score (nSPS) is 8.93. The van der Waals surface area contributed by atoms with Crippen molar-refractivity contribution in [2.75, 3.05) is 12.3 Å². The number of nitro benzene ring substituents is 1. The number of nitrogens with two attached hydrogens (primary N) is 1. The van der Waals surface area contributed by atoms with Gasteiger partial charge in [-0.3, -0.25) is 10.1 Å². The first kappa shape index (κ1) is 12.2. The van der Waals surface area contributed by atoms with Gasteiger partial charge in [0.2, 0.25) is 0 Å². The number of nitro groups is 1. The van der Waals surface area contributed by atoms with Crippen molar-refractivity contribution < 1.29 is 9.66 Å². The van der Waals surface area contributed by atoms with E-state index in [-0.39, 0.29) is 18.9 Å². The van der Waals surface area contributed by atoms with Gasteiger partial charge in [0.15, 0.2) is 5.75 Å². The number of hydrogen-bond acceptors (Lipinski definition) is 4. The Hall–Kier alpha value is -1.78. The minimum absolute atomic E-state index is 0. The monoisotopic (exact) mass is 198 g/mol. The van der Waals surface area contributed by atoms with Gasteiger partial charge < -0.3 is 10.5 Å². The molecule has 0 saturated heterocycles. The Morgan fingerprint density at radius 1 is 1.57 bits per heavy atom. The third-order valence-corrected chi connectivity index (χ3v) is 1.48. The van der Waals surface area contributed by atoms with Crippen molar-refractivity contribution in [1.29, 1.82) is 0 Å². The van der Waals surface area contributed by atoms with Crippen molar-refractivity contribution in [2.24, 2.45) is 0 Å². The van der Waals surface area contributed by atoms with Crippen LogP contribution in [0.15, 0.2) is 18.2 Å². The molecule has 2 N–H and O–H groups in total. The lowest BCUT2D eigenvalue weighted by molar-refractivity contribution is -0.385. The molecule has 0 bridgehead atoms. The van der Waals surface area contributed by atoms with E-state index in [4.69, 9.17) is 10.5 Å². The Morgan fingerprint density at radius 2 is 2.21 bits per heavy atom. The minimum Gasteiger partial charge on any atom is -0.487 e. The average molecular weight is 198 g/mol. The van der Waals surface area contributed by atoms with Crippen molar-refractivity contribution in [1.82, 2.24) is 0 Å². The molecule has 1 rings (SSSR count). The van der Waals surface area contributed by atoms with Gasteiger partial charge in [-0.1, -0.05) is 7.43 Å². The summed E-state index contributed by atoms with van der Waals surface area (Å²) in [7, 11) is 0. The lowest BCUT2D eigenvalue weighted by atomic mass is 10.2. The first-order chi connectivity index (χ1) is 6.15. The van der Waals surface area contributed by atoms with E-state index in [2.05, 4.69) is 0 Å². The standard InChI is InChI=1S/C8H10N2O3.CH4/c1-2-13-8-4-3-6(9)5-7(8)10(11)12;/h3-5H,2,9H2,1H3;1H4. The highest BCUT2D eigenvalue weighted by atomic mass is 16.6. The van der Waals surface area contributed by atoms with Crippen molar-refractivity contribution in [3.8, 4) is 5.75 Å². The summed E-state index contributed by atoms with van der Waals surface area (Å²) < 4.78 is 5.06. The molecule has 0 atom stereocenters. The molecule has 1 aromatic carbocycles. The third kappa shape index (κ3) is 2.62. The van der Waals surface area contributed by atoms with Crippen LogP contribution in [0.5, 0.6) is 5.75 Å². The lowest BCUT2D eigenvalue weighted by Crippen LogP contribution is -1.98. The van der Waals surface area contributed by atoms with Crippen LogP contribution in [0, 0.1) is 10.1 Å². The molecule has 0 aliphatic carbocycles. The zero-order chi connectivity index (χ0) is 9.84. The summed E-state index contributed by atoms with van der Waals surface area (Å²) in [4.78, 5) is 10.0. The predicted molar refractivity (Wildman–Crippen MR) is 55.4 cm³/mol. The molecule has 78 valence electrons. The van der Waals surface area contributed by atoms with E-state index in [1.165, 1.54) is 12.1 Å². The summed E-state index contributed by atoms with van der Waals surface area (Å²) in [6.07, 6.45) is 0. The largest absolute Gasteiger partial charge is 0.487 e. The van der Waals surface area contributed by atoms with Crippen LogP contribution in [0.3, 0.4) is 0 Å². The quantitative estimate of drug-likeness (QED) is 0.458. The van der Waals surface area contributed by atoms with E-state index in [0.29, 0.717) is 12.3 Å². The molecule has 14 heavy (non-hydrogen) atoms. The maximum Gasteiger partial charge on any atom is 0.312 e. The van der Waals surface area contributed by atoms with Crippen LogP contribution in [0.4, 0.5) is 11.4 Å². The van der Waals surface area contributed by atoms with E-state index >= 15 is 0 Å². The maximum absolute atomic E-state index is 10.5. The molecule has 0 fully saturated rings. The van der Waals surface area contributed by atoms with Gasteiger partial charge >= 0.3 is 5.69 Å². The highest BCUT2D eigenvalue weighted by molar-refractivity contribution is 5.56. The Balaban J connectivity index is 0.00000169. The predicted octanol–water partition coefficient (Wildman–Crippen LogP) is 2.21.